The lowest BCUT2D eigenvalue weighted by atomic mass is 10.1. The molecular weight excluding hydrogens is 328 g/mol. The number of rotatable bonds is 4. The molecule has 0 aliphatic carbocycles. The van der Waals surface area contributed by atoms with Gasteiger partial charge in [0.25, 0.3) is 5.69 Å². The molecule has 0 aliphatic rings. The van der Waals surface area contributed by atoms with E-state index in [2.05, 4.69) is 15.5 Å². The third-order valence-electron chi connectivity index (χ3n) is 3.48. The Labute approximate surface area is 142 Å². The molecule has 2 aromatic carbocycles. The summed E-state index contributed by atoms with van der Waals surface area (Å²) >= 11 is 5.78. The van der Waals surface area contributed by atoms with Gasteiger partial charge in [-0.05, 0) is 30.7 Å². The van der Waals surface area contributed by atoms with Crippen molar-refractivity contribution < 1.29 is 4.92 Å². The maximum Gasteiger partial charge on any atom is 0.288 e. The maximum atomic E-state index is 10.9. The molecule has 1 heterocycles. The van der Waals surface area contributed by atoms with Gasteiger partial charge in [0.1, 0.15) is 10.8 Å². The minimum absolute atomic E-state index is 0.0944. The average molecular weight is 341 g/mol. The van der Waals surface area contributed by atoms with E-state index in [4.69, 9.17) is 11.6 Å². The van der Waals surface area contributed by atoms with Crippen LogP contribution >= 0.6 is 11.6 Å². The van der Waals surface area contributed by atoms with Crippen molar-refractivity contribution >= 4 is 40.2 Å². The van der Waals surface area contributed by atoms with Crippen LogP contribution in [0, 0.1) is 17.0 Å². The van der Waals surface area contributed by atoms with Crippen LogP contribution < -0.4 is 5.43 Å². The Kier molecular flexibility index (Phi) is 4.39. The zero-order chi connectivity index (χ0) is 17.1. The van der Waals surface area contributed by atoms with E-state index in [1.54, 1.807) is 6.07 Å². The molecule has 0 saturated carbocycles. The highest BCUT2D eigenvalue weighted by molar-refractivity contribution is 6.32. The predicted octanol–water partition coefficient (Wildman–Crippen LogP) is 4.55. The topological polar surface area (TPSA) is 80.4 Å². The minimum atomic E-state index is -0.526. The van der Waals surface area contributed by atoms with Gasteiger partial charge >= 0.3 is 0 Å². The molecule has 120 valence electrons. The molecule has 0 saturated heterocycles. The smallest absolute Gasteiger partial charge is 0.261 e. The van der Waals surface area contributed by atoms with Crippen LogP contribution in [0.5, 0.6) is 0 Å². The monoisotopic (exact) mass is 340 g/mol. The Balaban J connectivity index is 1.82. The Bertz CT molecular complexity index is 956. The van der Waals surface area contributed by atoms with Crippen LogP contribution in [-0.2, 0) is 0 Å². The molecule has 1 aromatic heterocycles. The molecule has 0 amide bonds. The Hall–Kier alpha value is -2.99. The lowest BCUT2D eigenvalue weighted by Crippen LogP contribution is -1.96. The van der Waals surface area contributed by atoms with Crippen LogP contribution in [0.25, 0.3) is 10.9 Å². The number of benzene rings is 2. The first-order valence-corrected chi connectivity index (χ1v) is 7.52. The van der Waals surface area contributed by atoms with Crippen LogP contribution in [0.1, 0.15) is 11.1 Å². The fourth-order valence-electron chi connectivity index (χ4n) is 2.33. The SMILES string of the molecule is Cc1cc(NN=Cc2ccc(Cl)c([N+](=O)[O-])c2)nc2ccccc12. The van der Waals surface area contributed by atoms with Crippen molar-refractivity contribution in [3.63, 3.8) is 0 Å². The number of hydrogen-bond acceptors (Lipinski definition) is 5. The van der Waals surface area contributed by atoms with Crippen LogP contribution in [0.2, 0.25) is 5.02 Å². The van der Waals surface area contributed by atoms with Gasteiger partial charge < -0.3 is 0 Å². The van der Waals surface area contributed by atoms with E-state index in [0.29, 0.717) is 11.4 Å². The fraction of sp³-hybridized carbons (Fsp3) is 0.0588. The van der Waals surface area contributed by atoms with E-state index < -0.39 is 4.92 Å². The second-order valence-electron chi connectivity index (χ2n) is 5.18. The molecule has 0 radical (unpaired) electrons. The van der Waals surface area contributed by atoms with E-state index in [-0.39, 0.29) is 10.7 Å². The van der Waals surface area contributed by atoms with Crippen molar-refractivity contribution in [3.05, 3.63) is 74.8 Å². The van der Waals surface area contributed by atoms with Gasteiger partial charge in [0.05, 0.1) is 16.7 Å². The number of hydrazone groups is 1. The molecule has 24 heavy (non-hydrogen) atoms. The summed E-state index contributed by atoms with van der Waals surface area (Å²) in [5.74, 6) is 0.603. The average Bonchev–Trinajstić information content (AvgIpc) is 2.56. The minimum Gasteiger partial charge on any atom is -0.261 e. The molecule has 3 rings (SSSR count). The zero-order valence-electron chi connectivity index (χ0n) is 12.7. The third-order valence-corrected chi connectivity index (χ3v) is 3.80. The number of hydrogen-bond donors (Lipinski definition) is 1. The Morgan fingerprint density at radius 3 is 2.83 bits per heavy atom. The van der Waals surface area contributed by atoms with E-state index in [9.17, 15) is 10.1 Å². The van der Waals surface area contributed by atoms with Crippen molar-refractivity contribution in [2.24, 2.45) is 5.10 Å². The molecule has 0 unspecified atom stereocenters. The number of aryl methyl sites for hydroxylation is 1. The predicted molar refractivity (Wildman–Crippen MR) is 95.8 cm³/mol. The summed E-state index contributed by atoms with van der Waals surface area (Å²) in [5, 5.41) is 16.1. The van der Waals surface area contributed by atoms with Gasteiger partial charge in [-0.2, -0.15) is 5.10 Å². The van der Waals surface area contributed by atoms with E-state index in [1.807, 2.05) is 37.3 Å². The van der Waals surface area contributed by atoms with Gasteiger partial charge in [-0.1, -0.05) is 35.9 Å². The number of para-hydroxylation sites is 1. The summed E-state index contributed by atoms with van der Waals surface area (Å²) in [4.78, 5) is 14.8. The lowest BCUT2D eigenvalue weighted by Gasteiger charge is -2.05. The highest BCUT2D eigenvalue weighted by atomic mass is 35.5. The first-order chi connectivity index (χ1) is 11.5. The molecule has 7 heteroatoms. The van der Waals surface area contributed by atoms with E-state index in [1.165, 1.54) is 18.3 Å². The summed E-state index contributed by atoms with van der Waals surface area (Å²) in [6, 6.07) is 14.2. The molecule has 3 aromatic rings. The first kappa shape index (κ1) is 15.9. The van der Waals surface area contributed by atoms with Gasteiger partial charge in [0.2, 0.25) is 0 Å². The Morgan fingerprint density at radius 1 is 1.25 bits per heavy atom. The van der Waals surface area contributed by atoms with Crippen molar-refractivity contribution in [1.82, 2.24) is 4.98 Å². The zero-order valence-corrected chi connectivity index (χ0v) is 13.5. The van der Waals surface area contributed by atoms with Crippen molar-refractivity contribution in [3.8, 4) is 0 Å². The normalized spacial score (nSPS) is 11.1. The molecule has 0 fully saturated rings. The summed E-state index contributed by atoms with van der Waals surface area (Å²) in [6.07, 6.45) is 1.48. The summed E-state index contributed by atoms with van der Waals surface area (Å²) in [6.45, 7) is 2.00. The molecule has 0 atom stereocenters. The van der Waals surface area contributed by atoms with Crippen molar-refractivity contribution in [1.29, 1.82) is 0 Å². The number of pyridine rings is 1. The van der Waals surface area contributed by atoms with Gasteiger partial charge in [-0.3, -0.25) is 15.5 Å². The lowest BCUT2D eigenvalue weighted by molar-refractivity contribution is -0.384. The number of nitro benzene ring substituents is 1. The second kappa shape index (κ2) is 6.64. The molecule has 1 N–H and O–H groups in total. The summed E-state index contributed by atoms with van der Waals surface area (Å²) < 4.78 is 0. The molecule has 6 nitrogen and oxygen atoms in total. The van der Waals surface area contributed by atoms with Gasteiger partial charge in [0, 0.05) is 17.0 Å². The first-order valence-electron chi connectivity index (χ1n) is 7.14. The summed E-state index contributed by atoms with van der Waals surface area (Å²) in [5.41, 5.74) is 5.21. The number of anilines is 1. The van der Waals surface area contributed by atoms with Crippen LogP contribution in [0.4, 0.5) is 11.5 Å². The number of nitro groups is 1. The standard InChI is InChI=1S/C17H13ClN4O2/c1-11-8-17(20-15-5-3-2-4-13(11)15)21-19-10-12-6-7-14(18)16(9-12)22(23)24/h2-10H,1H3,(H,20,21). The van der Waals surface area contributed by atoms with Gasteiger partial charge in [0.15, 0.2) is 0 Å². The number of nitrogens with one attached hydrogen (secondary N) is 1. The van der Waals surface area contributed by atoms with Crippen LogP contribution in [0.3, 0.4) is 0 Å². The third kappa shape index (κ3) is 3.33. The molecular formula is C17H13ClN4O2. The van der Waals surface area contributed by atoms with Gasteiger partial charge in [-0.25, -0.2) is 4.98 Å². The largest absolute Gasteiger partial charge is 0.288 e. The van der Waals surface area contributed by atoms with Crippen LogP contribution in [-0.4, -0.2) is 16.1 Å². The quantitative estimate of drug-likeness (QED) is 0.429. The second-order valence-corrected chi connectivity index (χ2v) is 5.59. The number of nitrogens with zero attached hydrogens (tertiary/aromatic N) is 3. The molecule has 0 aliphatic heterocycles. The summed E-state index contributed by atoms with van der Waals surface area (Å²) in [7, 11) is 0. The number of halogens is 1. The van der Waals surface area contributed by atoms with Crippen molar-refractivity contribution in [2.45, 2.75) is 6.92 Å². The van der Waals surface area contributed by atoms with E-state index in [0.717, 1.165) is 16.5 Å². The Morgan fingerprint density at radius 2 is 2.04 bits per heavy atom. The van der Waals surface area contributed by atoms with Crippen LogP contribution in [0.15, 0.2) is 53.6 Å². The maximum absolute atomic E-state index is 10.9. The van der Waals surface area contributed by atoms with E-state index >= 15 is 0 Å². The highest BCUT2D eigenvalue weighted by Gasteiger charge is 2.11. The number of fused-ring (bicyclic) bond motifs is 1. The van der Waals surface area contributed by atoms with Gasteiger partial charge in [-0.15, -0.1) is 0 Å². The van der Waals surface area contributed by atoms with Crippen molar-refractivity contribution in [2.75, 3.05) is 5.43 Å². The molecule has 0 bridgehead atoms. The number of aromatic nitrogens is 1. The molecule has 0 spiro atoms. The highest BCUT2D eigenvalue weighted by Crippen LogP contribution is 2.24. The fourth-order valence-corrected chi connectivity index (χ4v) is 2.52.